The van der Waals surface area contributed by atoms with Gasteiger partial charge in [-0.25, -0.2) is 9.48 Å². The monoisotopic (exact) mass is 367 g/mol. The molecular weight excluding hydrogens is 342 g/mol. The van der Waals surface area contributed by atoms with E-state index in [9.17, 15) is 9.59 Å². The van der Waals surface area contributed by atoms with E-state index in [0.29, 0.717) is 19.5 Å². The van der Waals surface area contributed by atoms with Gasteiger partial charge in [0.1, 0.15) is 5.82 Å². The summed E-state index contributed by atoms with van der Waals surface area (Å²) in [7, 11) is 1.64. The summed E-state index contributed by atoms with van der Waals surface area (Å²) in [6, 6.07) is 6.26. The number of H-pyrrole nitrogens is 1. The Labute approximate surface area is 157 Å². The van der Waals surface area contributed by atoms with Gasteiger partial charge in [0.15, 0.2) is 0 Å². The number of hydrogen-bond acceptors (Lipinski definition) is 3. The van der Waals surface area contributed by atoms with Gasteiger partial charge in [-0.05, 0) is 43.0 Å². The standard InChI is InChI=1S/C20H25N5O2/c1-4-16-12(2)15-9-13(5-7-17(15)22-16)10-21-19(26)14-6-8-18-23-24(3)20(27)25(18)11-14/h5,7,9,14,22H,4,6,8,10-11H2,1-3H3,(H,21,26)/t14-/m0/s1. The Hall–Kier alpha value is -2.83. The fourth-order valence-corrected chi connectivity index (χ4v) is 3.98. The Balaban J connectivity index is 1.45. The van der Waals surface area contributed by atoms with Gasteiger partial charge < -0.3 is 10.3 Å². The highest BCUT2D eigenvalue weighted by Gasteiger charge is 2.27. The molecule has 1 aromatic carbocycles. The van der Waals surface area contributed by atoms with Crippen LogP contribution in [0, 0.1) is 12.8 Å². The summed E-state index contributed by atoms with van der Waals surface area (Å²) in [5, 5.41) is 8.47. The van der Waals surface area contributed by atoms with Crippen molar-refractivity contribution in [3.63, 3.8) is 0 Å². The van der Waals surface area contributed by atoms with Crippen LogP contribution in [0.3, 0.4) is 0 Å². The number of benzene rings is 1. The van der Waals surface area contributed by atoms with Crippen molar-refractivity contribution < 1.29 is 4.79 Å². The second-order valence-corrected chi connectivity index (χ2v) is 7.35. The predicted molar refractivity (Wildman–Crippen MR) is 104 cm³/mol. The average molecular weight is 367 g/mol. The van der Waals surface area contributed by atoms with Crippen LogP contribution in [0.5, 0.6) is 0 Å². The molecule has 0 aliphatic carbocycles. The molecule has 1 aliphatic rings. The van der Waals surface area contributed by atoms with Gasteiger partial charge in [-0.1, -0.05) is 13.0 Å². The third-order valence-electron chi connectivity index (χ3n) is 5.62. The third-order valence-corrected chi connectivity index (χ3v) is 5.62. The second kappa shape index (κ2) is 6.72. The molecule has 27 heavy (non-hydrogen) atoms. The molecule has 0 bridgehead atoms. The van der Waals surface area contributed by atoms with Crippen LogP contribution in [0.2, 0.25) is 0 Å². The van der Waals surface area contributed by atoms with Crippen LogP contribution < -0.4 is 11.0 Å². The maximum atomic E-state index is 12.6. The summed E-state index contributed by atoms with van der Waals surface area (Å²) in [5.74, 6) is 0.576. The first kappa shape index (κ1) is 17.6. The number of aromatic amines is 1. The number of nitrogens with one attached hydrogen (secondary N) is 2. The molecule has 1 atom stereocenters. The van der Waals surface area contributed by atoms with Crippen molar-refractivity contribution in [2.24, 2.45) is 13.0 Å². The lowest BCUT2D eigenvalue weighted by molar-refractivity contribution is -0.126. The van der Waals surface area contributed by atoms with Gasteiger partial charge in [0.2, 0.25) is 5.91 Å². The molecule has 0 radical (unpaired) electrons. The van der Waals surface area contributed by atoms with Crippen molar-refractivity contribution in [1.29, 1.82) is 0 Å². The number of carbonyl (C=O) groups is 1. The van der Waals surface area contributed by atoms with E-state index in [1.54, 1.807) is 11.6 Å². The number of rotatable bonds is 4. The smallest absolute Gasteiger partial charge is 0.345 e. The summed E-state index contributed by atoms with van der Waals surface area (Å²) >= 11 is 0. The van der Waals surface area contributed by atoms with E-state index in [4.69, 9.17) is 0 Å². The Morgan fingerprint density at radius 3 is 3.00 bits per heavy atom. The van der Waals surface area contributed by atoms with E-state index in [1.807, 2.05) is 6.07 Å². The molecule has 7 nitrogen and oxygen atoms in total. The van der Waals surface area contributed by atoms with E-state index in [1.165, 1.54) is 21.3 Å². The lowest BCUT2D eigenvalue weighted by atomic mass is 9.98. The Morgan fingerprint density at radius 2 is 2.22 bits per heavy atom. The minimum Gasteiger partial charge on any atom is -0.358 e. The van der Waals surface area contributed by atoms with Crippen molar-refractivity contribution >= 4 is 16.8 Å². The molecule has 3 heterocycles. The lowest BCUT2D eigenvalue weighted by Crippen LogP contribution is -2.38. The van der Waals surface area contributed by atoms with Gasteiger partial charge in [0, 0.05) is 43.2 Å². The summed E-state index contributed by atoms with van der Waals surface area (Å²) < 4.78 is 2.96. The van der Waals surface area contributed by atoms with E-state index >= 15 is 0 Å². The van der Waals surface area contributed by atoms with Crippen LogP contribution in [0.25, 0.3) is 10.9 Å². The van der Waals surface area contributed by atoms with Gasteiger partial charge in [0.25, 0.3) is 0 Å². The number of aromatic nitrogens is 4. The van der Waals surface area contributed by atoms with E-state index in [0.717, 1.165) is 29.7 Å². The molecule has 4 rings (SSSR count). The van der Waals surface area contributed by atoms with Crippen LogP contribution in [0.1, 0.15) is 36.0 Å². The molecule has 3 aromatic rings. The number of fused-ring (bicyclic) bond motifs is 2. The molecule has 0 fully saturated rings. The number of amides is 1. The summed E-state index contributed by atoms with van der Waals surface area (Å²) in [6.45, 7) is 5.17. The molecule has 0 saturated heterocycles. The maximum Gasteiger partial charge on any atom is 0.345 e. The fraction of sp³-hybridized carbons (Fsp3) is 0.450. The Kier molecular flexibility index (Phi) is 4.37. The highest BCUT2D eigenvalue weighted by Crippen LogP contribution is 2.23. The minimum absolute atomic E-state index is 0.00321. The van der Waals surface area contributed by atoms with Crippen molar-refractivity contribution in [2.75, 3.05) is 0 Å². The van der Waals surface area contributed by atoms with E-state index < -0.39 is 0 Å². The molecule has 1 amide bonds. The van der Waals surface area contributed by atoms with Crippen molar-refractivity contribution in [1.82, 2.24) is 24.6 Å². The van der Waals surface area contributed by atoms with E-state index in [-0.39, 0.29) is 17.5 Å². The first-order valence-electron chi connectivity index (χ1n) is 9.48. The molecule has 0 spiro atoms. The van der Waals surface area contributed by atoms with Crippen LogP contribution in [-0.4, -0.2) is 25.2 Å². The number of nitrogens with zero attached hydrogens (tertiary/aromatic N) is 3. The summed E-state index contributed by atoms with van der Waals surface area (Å²) in [6.07, 6.45) is 2.35. The first-order valence-corrected chi connectivity index (χ1v) is 9.48. The molecule has 2 N–H and O–H groups in total. The fourth-order valence-electron chi connectivity index (χ4n) is 3.98. The van der Waals surface area contributed by atoms with Crippen molar-refractivity contribution in [2.45, 2.75) is 46.2 Å². The van der Waals surface area contributed by atoms with Crippen LogP contribution in [-0.2, 0) is 37.8 Å². The quantitative estimate of drug-likeness (QED) is 0.738. The molecule has 2 aromatic heterocycles. The lowest BCUT2D eigenvalue weighted by Gasteiger charge is -2.21. The number of carbonyl (C=O) groups excluding carboxylic acids is 1. The molecular formula is C20H25N5O2. The summed E-state index contributed by atoms with van der Waals surface area (Å²) in [5.41, 5.74) is 4.59. The van der Waals surface area contributed by atoms with Crippen LogP contribution in [0.4, 0.5) is 0 Å². The number of hydrogen-bond donors (Lipinski definition) is 2. The zero-order valence-corrected chi connectivity index (χ0v) is 16.0. The molecule has 142 valence electrons. The number of aryl methyl sites for hydroxylation is 4. The largest absolute Gasteiger partial charge is 0.358 e. The van der Waals surface area contributed by atoms with Crippen molar-refractivity contribution in [3.8, 4) is 0 Å². The Bertz CT molecular complexity index is 1070. The molecule has 1 aliphatic heterocycles. The highest BCUT2D eigenvalue weighted by molar-refractivity contribution is 5.85. The first-order chi connectivity index (χ1) is 13.0. The zero-order chi connectivity index (χ0) is 19.1. The van der Waals surface area contributed by atoms with Gasteiger partial charge in [-0.15, -0.1) is 0 Å². The van der Waals surface area contributed by atoms with Gasteiger partial charge in [-0.3, -0.25) is 9.36 Å². The zero-order valence-electron chi connectivity index (χ0n) is 16.0. The third kappa shape index (κ3) is 3.07. The molecule has 7 heteroatoms. The normalized spacial score (nSPS) is 16.5. The maximum absolute atomic E-state index is 12.6. The Morgan fingerprint density at radius 1 is 1.41 bits per heavy atom. The average Bonchev–Trinajstić information content (AvgIpc) is 3.15. The van der Waals surface area contributed by atoms with Crippen LogP contribution in [0.15, 0.2) is 23.0 Å². The van der Waals surface area contributed by atoms with Gasteiger partial charge in [-0.2, -0.15) is 5.10 Å². The van der Waals surface area contributed by atoms with Crippen LogP contribution >= 0.6 is 0 Å². The highest BCUT2D eigenvalue weighted by atomic mass is 16.2. The molecule has 0 unspecified atom stereocenters. The van der Waals surface area contributed by atoms with E-state index in [2.05, 4.69) is 41.4 Å². The second-order valence-electron chi connectivity index (χ2n) is 7.35. The van der Waals surface area contributed by atoms with Crippen molar-refractivity contribution in [3.05, 3.63) is 51.3 Å². The SMILES string of the molecule is CCc1[nH]c2ccc(CNC(=O)[C@H]3CCc4nn(C)c(=O)n4C3)cc2c1C. The minimum atomic E-state index is -0.191. The topological polar surface area (TPSA) is 84.7 Å². The predicted octanol–water partition coefficient (Wildman–Crippen LogP) is 1.81. The van der Waals surface area contributed by atoms with Gasteiger partial charge in [0.05, 0.1) is 5.92 Å². The van der Waals surface area contributed by atoms with Gasteiger partial charge >= 0.3 is 5.69 Å². The molecule has 0 saturated carbocycles. The summed E-state index contributed by atoms with van der Waals surface area (Å²) in [4.78, 5) is 28.1.